The zero-order valence-corrected chi connectivity index (χ0v) is 20.9. The largest absolute Gasteiger partial charge is 0.380 e. The Morgan fingerprint density at radius 3 is 2.39 bits per heavy atom. The van der Waals surface area contributed by atoms with E-state index >= 15 is 0 Å². The third kappa shape index (κ3) is 6.82. The van der Waals surface area contributed by atoms with E-state index in [4.69, 9.17) is 4.74 Å². The smallest absolute Gasteiger partial charge is 0.129 e. The van der Waals surface area contributed by atoms with E-state index in [2.05, 4.69) is 64.1 Å². The highest BCUT2D eigenvalue weighted by molar-refractivity contribution is 7.99. The van der Waals surface area contributed by atoms with Crippen molar-refractivity contribution in [3.63, 3.8) is 0 Å². The summed E-state index contributed by atoms with van der Waals surface area (Å²) in [7, 11) is 0. The average molecular weight is 468 g/mol. The van der Waals surface area contributed by atoms with E-state index in [1.165, 1.54) is 26.7 Å². The minimum atomic E-state index is 0.248. The van der Waals surface area contributed by atoms with Gasteiger partial charge in [0, 0.05) is 62.1 Å². The van der Waals surface area contributed by atoms with Crippen molar-refractivity contribution in [1.82, 2.24) is 9.80 Å². The molecule has 2 aliphatic rings. The van der Waals surface area contributed by atoms with Crippen LogP contribution in [0.1, 0.15) is 31.7 Å². The fraction of sp³-hybridized carbons (Fsp3) is 0.519. The van der Waals surface area contributed by atoms with E-state index in [9.17, 15) is 4.79 Å². The Morgan fingerprint density at radius 2 is 1.61 bits per heavy atom. The van der Waals surface area contributed by atoms with Crippen molar-refractivity contribution in [3.05, 3.63) is 48.0 Å². The number of ether oxygens (including phenoxy) is 1. The van der Waals surface area contributed by atoms with Gasteiger partial charge in [0.15, 0.2) is 0 Å². The monoisotopic (exact) mass is 467 g/mol. The number of carbonyl (C=O) groups is 1. The number of para-hydroxylation sites is 1. The van der Waals surface area contributed by atoms with E-state index in [0.29, 0.717) is 13.0 Å². The summed E-state index contributed by atoms with van der Waals surface area (Å²) in [4.78, 5) is 21.3. The molecule has 178 valence electrons. The van der Waals surface area contributed by atoms with Crippen molar-refractivity contribution in [3.8, 4) is 0 Å². The second kappa shape index (κ2) is 12.0. The lowest BCUT2D eigenvalue weighted by Gasteiger charge is -2.36. The predicted molar refractivity (Wildman–Crippen MR) is 137 cm³/mol. The van der Waals surface area contributed by atoms with E-state index < -0.39 is 0 Å². The number of aryl methyl sites for hydroxylation is 1. The molecule has 2 heterocycles. The van der Waals surface area contributed by atoms with Gasteiger partial charge in [0.1, 0.15) is 5.78 Å². The second-order valence-electron chi connectivity index (χ2n) is 9.15. The number of piperazine rings is 1. The highest BCUT2D eigenvalue weighted by Gasteiger charge is 2.23. The van der Waals surface area contributed by atoms with E-state index in [1.807, 2.05) is 11.8 Å². The zero-order valence-electron chi connectivity index (χ0n) is 20.1. The van der Waals surface area contributed by atoms with E-state index in [0.717, 1.165) is 65.3 Å². The zero-order chi connectivity index (χ0) is 23.0. The summed E-state index contributed by atoms with van der Waals surface area (Å²) >= 11 is 1.89. The fourth-order valence-corrected chi connectivity index (χ4v) is 5.66. The number of anilines is 2. The van der Waals surface area contributed by atoms with Crippen LogP contribution in [-0.4, -0.2) is 74.6 Å². The summed E-state index contributed by atoms with van der Waals surface area (Å²) in [6, 6.07) is 15.6. The maximum atomic E-state index is 11.0. The first kappa shape index (κ1) is 24.3. The van der Waals surface area contributed by atoms with Crippen LogP contribution in [0.15, 0.2) is 52.3 Å². The highest BCUT2D eigenvalue weighted by atomic mass is 32.2. The van der Waals surface area contributed by atoms with Gasteiger partial charge >= 0.3 is 0 Å². The van der Waals surface area contributed by atoms with Crippen LogP contribution < -0.4 is 4.90 Å². The minimum absolute atomic E-state index is 0.248. The molecule has 0 aliphatic carbocycles. The van der Waals surface area contributed by atoms with Crippen LogP contribution in [0, 0.1) is 6.92 Å². The molecular formula is C27H37N3O2S. The van der Waals surface area contributed by atoms with Crippen LogP contribution in [0.25, 0.3) is 0 Å². The van der Waals surface area contributed by atoms with Crippen molar-refractivity contribution < 1.29 is 9.53 Å². The number of ketones is 1. The molecule has 1 saturated heterocycles. The molecule has 6 heteroatoms. The lowest BCUT2D eigenvalue weighted by molar-refractivity contribution is -0.117. The van der Waals surface area contributed by atoms with Crippen LogP contribution in [0.5, 0.6) is 0 Å². The molecule has 0 spiro atoms. The highest BCUT2D eigenvalue weighted by Crippen LogP contribution is 2.48. The van der Waals surface area contributed by atoms with Gasteiger partial charge in [-0.15, -0.1) is 0 Å². The lowest BCUT2D eigenvalue weighted by Crippen LogP contribution is -2.47. The topological polar surface area (TPSA) is 36.0 Å². The first-order valence-corrected chi connectivity index (χ1v) is 13.1. The molecule has 0 saturated carbocycles. The minimum Gasteiger partial charge on any atom is -0.380 e. The third-order valence-corrected chi connectivity index (χ3v) is 7.60. The van der Waals surface area contributed by atoms with Gasteiger partial charge in [0.05, 0.1) is 18.0 Å². The number of nitrogens with zero attached hydrogens (tertiary/aromatic N) is 3. The number of rotatable bonds is 11. The van der Waals surface area contributed by atoms with Crippen LogP contribution in [0.4, 0.5) is 11.4 Å². The normalized spacial score (nSPS) is 16.5. The van der Waals surface area contributed by atoms with Gasteiger partial charge in [0.25, 0.3) is 0 Å². The molecule has 4 rings (SSSR count). The summed E-state index contributed by atoms with van der Waals surface area (Å²) in [5, 5.41) is 0. The lowest BCUT2D eigenvalue weighted by atomic mass is 10.1. The summed E-state index contributed by atoms with van der Waals surface area (Å²) < 4.78 is 5.70. The molecule has 2 aliphatic heterocycles. The van der Waals surface area contributed by atoms with Crippen molar-refractivity contribution in [2.24, 2.45) is 0 Å². The number of fused-ring (bicyclic) bond motifs is 2. The van der Waals surface area contributed by atoms with Gasteiger partial charge in [0.2, 0.25) is 0 Å². The molecule has 0 unspecified atom stereocenters. The second-order valence-corrected chi connectivity index (χ2v) is 10.2. The van der Waals surface area contributed by atoms with Gasteiger partial charge in [-0.3, -0.25) is 4.90 Å². The third-order valence-electron chi connectivity index (χ3n) is 6.47. The Kier molecular flexibility index (Phi) is 8.84. The first-order chi connectivity index (χ1) is 16.1. The molecule has 0 N–H and O–H groups in total. The molecule has 2 aromatic carbocycles. The van der Waals surface area contributed by atoms with Crippen LogP contribution in [-0.2, 0) is 9.53 Å². The summed E-state index contributed by atoms with van der Waals surface area (Å²) in [6.45, 7) is 13.0. The van der Waals surface area contributed by atoms with Crippen molar-refractivity contribution in [2.45, 2.75) is 42.9 Å². The molecule has 33 heavy (non-hydrogen) atoms. The first-order valence-electron chi connectivity index (χ1n) is 12.3. The quantitative estimate of drug-likeness (QED) is 0.433. The molecule has 0 atom stereocenters. The average Bonchev–Trinajstić information content (AvgIpc) is 2.82. The van der Waals surface area contributed by atoms with Crippen LogP contribution in [0.2, 0.25) is 0 Å². The Morgan fingerprint density at radius 1 is 0.879 bits per heavy atom. The molecule has 0 bridgehead atoms. The molecule has 2 aromatic rings. The maximum absolute atomic E-state index is 11.0. The summed E-state index contributed by atoms with van der Waals surface area (Å²) in [5.41, 5.74) is 4.01. The standard InChI is InChI=1S/C27H37N3O2S/c1-22-10-11-27-25(21-22)30(24-8-3-4-9-26(24)33-27)13-6-12-28-14-16-29(17-15-28)18-20-32-19-5-7-23(2)31/h3-4,8-11,21H,5-7,12-20H2,1-2H3. The molecular weight excluding hydrogens is 430 g/mol. The fourth-order valence-electron chi connectivity index (χ4n) is 4.59. The summed E-state index contributed by atoms with van der Waals surface area (Å²) in [6.07, 6.45) is 2.63. The molecule has 0 amide bonds. The SMILES string of the molecule is CC(=O)CCCOCCN1CCN(CCCN2c3ccccc3Sc3ccc(C)cc32)CC1. The van der Waals surface area contributed by atoms with E-state index in [1.54, 1.807) is 6.92 Å². The Balaban J connectivity index is 1.20. The van der Waals surface area contributed by atoms with Crippen LogP contribution in [0.3, 0.4) is 0 Å². The summed E-state index contributed by atoms with van der Waals surface area (Å²) in [5.74, 6) is 0.248. The van der Waals surface area contributed by atoms with Crippen molar-refractivity contribution in [1.29, 1.82) is 0 Å². The molecule has 0 aromatic heterocycles. The molecule has 5 nitrogen and oxygen atoms in total. The molecule has 1 fully saturated rings. The number of carbonyl (C=O) groups excluding carboxylic acids is 1. The maximum Gasteiger partial charge on any atom is 0.129 e. The van der Waals surface area contributed by atoms with E-state index in [-0.39, 0.29) is 5.78 Å². The Labute approximate surface area is 203 Å². The Bertz CT molecular complexity index is 927. The van der Waals surface area contributed by atoms with Gasteiger partial charge in [-0.05, 0) is 63.1 Å². The van der Waals surface area contributed by atoms with Gasteiger partial charge < -0.3 is 19.3 Å². The number of hydrogen-bond acceptors (Lipinski definition) is 6. The van der Waals surface area contributed by atoms with Gasteiger partial charge in [-0.25, -0.2) is 0 Å². The number of hydrogen-bond donors (Lipinski definition) is 0. The molecule has 0 radical (unpaired) electrons. The Hall–Kier alpha value is -1.86. The number of benzene rings is 2. The van der Waals surface area contributed by atoms with Crippen molar-refractivity contribution >= 4 is 28.9 Å². The van der Waals surface area contributed by atoms with Crippen LogP contribution >= 0.6 is 11.8 Å². The predicted octanol–water partition coefficient (Wildman–Crippen LogP) is 4.99. The number of Topliss-reactive ketones (excluding diaryl/α,β-unsaturated/α-hetero) is 1. The van der Waals surface area contributed by atoms with Gasteiger partial charge in [-0.1, -0.05) is 30.0 Å². The van der Waals surface area contributed by atoms with Crippen molar-refractivity contribution in [2.75, 3.05) is 63.9 Å². The van der Waals surface area contributed by atoms with Gasteiger partial charge in [-0.2, -0.15) is 0 Å².